The maximum absolute atomic E-state index is 14.9. The summed E-state index contributed by atoms with van der Waals surface area (Å²) in [5.41, 5.74) is 3.61. The highest BCUT2D eigenvalue weighted by Crippen LogP contribution is 2.47. The highest BCUT2D eigenvalue weighted by Gasteiger charge is 2.35. The van der Waals surface area contributed by atoms with Gasteiger partial charge in [0.05, 0.1) is 128 Å². The first-order chi connectivity index (χ1) is 61.5. The summed E-state index contributed by atoms with van der Waals surface area (Å²) in [6.45, 7) is 0.559. The van der Waals surface area contributed by atoms with Gasteiger partial charge >= 0.3 is 23.9 Å². The van der Waals surface area contributed by atoms with Crippen LogP contribution >= 0.6 is 0 Å². The fourth-order valence-corrected chi connectivity index (χ4v) is 16.2. The molecule has 128 heavy (non-hydrogen) atoms. The van der Waals surface area contributed by atoms with Gasteiger partial charge in [-0.3, -0.25) is 19.2 Å². The number of carbonyl (C=O) groups is 4. The first-order valence-electron chi connectivity index (χ1n) is 38.1. The number of halogens is 9. The van der Waals surface area contributed by atoms with Crippen molar-refractivity contribution in [3.8, 4) is 50.3 Å². The van der Waals surface area contributed by atoms with Crippen LogP contribution in [0.1, 0.15) is 70.0 Å². The standard InChI is InChI=1S/C24H14F3NO4.C24H16F2N2O4.C22H14F2N4O4.C22H13F2N3O5/c25-15-6-2-1-4-12(15)11-28-17-10-16(26)13-8-9-32-23(13)20(17)19(22(28)24(30)31)14-5-3-7-18(29)21(14)27;1-12-9-13-4-7-18-20(22(13)32-12)19(16-3-2-8-27-23(16)29)21(24(30)31)28(18)11-14-10-15(25)5-6-17(14)26;23-13-7-15-18(20-11(13)3-5-32-20)17(12-2-1-4-26-21(12)29)19(22(30)31)28(15)9-10-6-16(25)27-8-14(10)24;23-13-7-15-18(20-11(13)3-5-32-20)17(12-2-1-4-25-21(12)29)19(22(30)31)27(15)9-10-6-16(28)26-8-14(10)24/h1-10,29H,11H2,(H,30,31);2-10H,11H2,1H3,(H,27,29)(H,30,31);1-8H,9H2,(H2,25,27)(H,26,29)(H,30,31);1-8H,9H2,(H,25,29)(H,26,28)(H,30,31). The maximum Gasteiger partial charge on any atom is 0.353 e. The number of phenolic OH excluding ortho intramolecular Hbond substituents is 1. The number of hydrogen-bond donors (Lipinski definition) is 10. The lowest BCUT2D eigenvalue weighted by Gasteiger charge is -2.11. The fraction of sp³-hybridized carbons (Fsp3) is 0.0543. The van der Waals surface area contributed by atoms with Crippen molar-refractivity contribution in [2.75, 3.05) is 5.73 Å². The predicted octanol–water partition coefficient (Wildman–Crippen LogP) is 18.2. The normalized spacial score (nSPS) is 11.5. The van der Waals surface area contributed by atoms with Crippen molar-refractivity contribution in [2.45, 2.75) is 33.1 Å². The van der Waals surface area contributed by atoms with Gasteiger partial charge in [0.15, 0.2) is 11.6 Å². The molecule has 20 aromatic rings. The minimum Gasteiger partial charge on any atom is -0.505 e. The van der Waals surface area contributed by atoms with E-state index < -0.39 is 116 Å². The molecule has 0 radical (unpaired) electrons. The third kappa shape index (κ3) is 14.5. The second kappa shape index (κ2) is 32.8. The summed E-state index contributed by atoms with van der Waals surface area (Å²) in [7, 11) is 0. The number of aromatic nitrogens is 9. The predicted molar refractivity (Wildman–Crippen MR) is 449 cm³/mol. The van der Waals surface area contributed by atoms with Crippen molar-refractivity contribution in [2.24, 2.45) is 0 Å². The third-order valence-electron chi connectivity index (χ3n) is 21.5. The zero-order valence-corrected chi connectivity index (χ0v) is 65.4. The van der Waals surface area contributed by atoms with Crippen molar-refractivity contribution < 1.29 is 102 Å². The van der Waals surface area contributed by atoms with Crippen molar-refractivity contribution in [3.63, 3.8) is 0 Å². The molecule has 27 nitrogen and oxygen atoms in total. The topological polar surface area (TPSA) is 412 Å². The number of rotatable bonds is 16. The number of nitrogen functional groups attached to an aromatic ring is 1. The summed E-state index contributed by atoms with van der Waals surface area (Å²) in [6, 6.07) is 36.7. The Morgan fingerprint density at radius 2 is 0.812 bits per heavy atom. The molecule has 0 saturated carbocycles. The average Bonchev–Trinajstić information content (AvgIpc) is 1.57. The number of nitrogens with one attached hydrogen (secondary N) is 4. The lowest BCUT2D eigenvalue weighted by molar-refractivity contribution is 0.0676. The van der Waals surface area contributed by atoms with Crippen LogP contribution in [0, 0.1) is 59.3 Å². The van der Waals surface area contributed by atoms with Gasteiger partial charge in [0.25, 0.3) is 16.7 Å². The number of fused-ring (bicyclic) bond motifs is 12. The molecule has 0 unspecified atom stereocenters. The molecule has 0 bridgehead atoms. The Labute approximate surface area is 706 Å². The van der Waals surface area contributed by atoms with Crippen LogP contribution in [0.5, 0.6) is 5.75 Å². The Kier molecular flexibility index (Phi) is 21.3. The number of aryl methyl sites for hydroxylation is 1. The summed E-state index contributed by atoms with van der Waals surface area (Å²) in [5, 5.41) is 52.3. The molecule has 0 saturated heterocycles. The molecular formula is C92H57F9N10O17. The smallest absolute Gasteiger partial charge is 0.353 e. The van der Waals surface area contributed by atoms with Crippen LogP contribution in [0.4, 0.5) is 45.3 Å². The SMILES string of the molecule is Cc1cc2ccc3c(c(-c4ccc[nH]c4=O)c(C(=O)O)n3Cc3cc(F)ccc3F)c2o1.Nc1cc(Cn2c(C(=O)O)c(-c3ccc[nH]c3=O)c3c4occc4c(F)cc32)c(F)cn1.O=C(O)c1c(-c2ccc[nH]c2=O)c2c3occc3c(F)cc2n1Cc1cc(=O)[nH]cc1F.O=C(O)c1c(-c2cccc(O)c2F)c2c3occc3c(F)cc2n1Cc1ccccc1F. The van der Waals surface area contributed by atoms with E-state index in [4.69, 9.17) is 23.4 Å². The van der Waals surface area contributed by atoms with Crippen LogP contribution in [-0.2, 0) is 26.2 Å². The summed E-state index contributed by atoms with van der Waals surface area (Å²) >= 11 is 0. The van der Waals surface area contributed by atoms with Crippen molar-refractivity contribution in [1.29, 1.82) is 0 Å². The Morgan fingerprint density at radius 3 is 1.27 bits per heavy atom. The van der Waals surface area contributed by atoms with Gasteiger partial charge in [-0.15, -0.1) is 0 Å². The van der Waals surface area contributed by atoms with Crippen LogP contribution in [0.15, 0.2) is 250 Å². The van der Waals surface area contributed by atoms with Gasteiger partial charge in [-0.05, 0) is 134 Å². The number of carboxylic acid groups (broad SMARTS) is 4. The molecule has 640 valence electrons. The molecule has 11 N–H and O–H groups in total. The van der Waals surface area contributed by atoms with Crippen LogP contribution in [-0.4, -0.2) is 92.6 Å². The largest absolute Gasteiger partial charge is 0.505 e. The number of phenols is 1. The highest BCUT2D eigenvalue weighted by molar-refractivity contribution is 6.21. The van der Waals surface area contributed by atoms with Crippen molar-refractivity contribution in [3.05, 3.63) is 358 Å². The molecule has 0 fully saturated rings. The number of carboxylic acids is 4. The monoisotopic (exact) mass is 1740 g/mol. The summed E-state index contributed by atoms with van der Waals surface area (Å²) in [4.78, 5) is 113. The lowest BCUT2D eigenvalue weighted by Crippen LogP contribution is -2.15. The van der Waals surface area contributed by atoms with Gasteiger partial charge in [-0.1, -0.05) is 30.3 Å². The first-order valence-corrected chi connectivity index (χ1v) is 38.1. The fourth-order valence-electron chi connectivity index (χ4n) is 16.2. The van der Waals surface area contributed by atoms with Gasteiger partial charge in [0.2, 0.25) is 5.56 Å². The van der Waals surface area contributed by atoms with E-state index in [1.54, 1.807) is 37.3 Å². The Balaban J connectivity index is 0.000000120. The lowest BCUT2D eigenvalue weighted by atomic mass is 9.99. The van der Waals surface area contributed by atoms with Crippen molar-refractivity contribution >= 4 is 117 Å². The van der Waals surface area contributed by atoms with Crippen molar-refractivity contribution in [1.82, 2.24) is 43.2 Å². The van der Waals surface area contributed by atoms with Crippen LogP contribution < -0.4 is 28.0 Å². The summed E-state index contributed by atoms with van der Waals surface area (Å²) in [6.07, 6.45) is 9.78. The number of aromatic carboxylic acids is 4. The van der Waals surface area contributed by atoms with Gasteiger partial charge in [-0.2, -0.15) is 0 Å². The Bertz CT molecular complexity index is 8240. The molecule has 0 amide bonds. The van der Waals surface area contributed by atoms with Gasteiger partial charge in [0, 0.05) is 86.3 Å². The number of pyridine rings is 5. The molecule has 0 spiro atoms. The zero-order chi connectivity index (χ0) is 90.3. The maximum atomic E-state index is 14.9. The van der Waals surface area contributed by atoms with E-state index in [1.807, 2.05) is 0 Å². The van der Waals surface area contributed by atoms with Gasteiger partial charge < -0.3 is 87.1 Å². The van der Waals surface area contributed by atoms with E-state index in [2.05, 4.69) is 24.9 Å². The second-order valence-electron chi connectivity index (χ2n) is 29.0. The number of nitrogens with zero attached hydrogens (tertiary/aromatic N) is 5. The Morgan fingerprint density at radius 1 is 0.398 bits per heavy atom. The van der Waals surface area contributed by atoms with E-state index in [-0.39, 0.29) is 175 Å². The van der Waals surface area contributed by atoms with Gasteiger partial charge in [-0.25, -0.2) is 63.7 Å². The van der Waals surface area contributed by atoms with E-state index in [0.29, 0.717) is 22.2 Å². The van der Waals surface area contributed by atoms with E-state index in [9.17, 15) is 103 Å². The number of hydrogen-bond acceptors (Lipinski definition) is 15. The average molecular weight is 1750 g/mol. The second-order valence-corrected chi connectivity index (χ2v) is 29.0. The molecule has 0 aliphatic carbocycles. The molecular weight excluding hydrogens is 1690 g/mol. The number of furan rings is 4. The summed E-state index contributed by atoms with van der Waals surface area (Å²) < 4.78 is 158. The molecule has 0 aliphatic rings. The molecule has 20 rings (SSSR count). The third-order valence-corrected chi connectivity index (χ3v) is 21.5. The van der Waals surface area contributed by atoms with Crippen LogP contribution in [0.2, 0.25) is 0 Å². The Hall–Kier alpha value is -17.3. The van der Waals surface area contributed by atoms with E-state index in [1.165, 1.54) is 136 Å². The molecule has 36 heteroatoms. The molecule has 7 aromatic carbocycles. The first kappa shape index (κ1) is 82.9. The number of aromatic hydroxyl groups is 1. The number of benzene rings is 7. The quantitative estimate of drug-likeness (QED) is 0.0402. The number of H-pyrrole nitrogens is 4. The summed E-state index contributed by atoms with van der Waals surface area (Å²) in [5.74, 6) is -12.0. The number of anilines is 1. The minimum absolute atomic E-state index is 0.000418. The van der Waals surface area contributed by atoms with Crippen LogP contribution in [0.25, 0.3) is 132 Å². The minimum atomic E-state index is -1.43. The number of nitrogens with two attached hydrogens (primary N) is 1. The van der Waals surface area contributed by atoms with Gasteiger partial charge in [0.1, 0.15) is 103 Å². The van der Waals surface area contributed by atoms with Crippen LogP contribution in [0.3, 0.4) is 0 Å². The number of aromatic amines is 4. The molecule has 0 aliphatic heterocycles. The van der Waals surface area contributed by atoms with E-state index in [0.717, 1.165) is 70.9 Å². The van der Waals surface area contributed by atoms with E-state index >= 15 is 0 Å². The highest BCUT2D eigenvalue weighted by atomic mass is 19.2. The molecule has 13 heterocycles. The molecule has 0 atom stereocenters. The molecule has 13 aromatic heterocycles. The zero-order valence-electron chi connectivity index (χ0n) is 65.4.